The van der Waals surface area contributed by atoms with Crippen LogP contribution in [0.5, 0.6) is 5.75 Å². The normalized spacial score (nSPS) is 12.3. The third-order valence-corrected chi connectivity index (χ3v) is 6.87. The van der Waals surface area contributed by atoms with Gasteiger partial charge in [-0.2, -0.15) is 13.1 Å². The molecule has 4 nitrogen and oxygen atoms in total. The van der Waals surface area contributed by atoms with E-state index in [0.717, 1.165) is 51.4 Å². The monoisotopic (exact) mass is 525 g/mol. The van der Waals surface area contributed by atoms with Crippen LogP contribution >= 0.6 is 12.0 Å². The SMILES string of the molecule is CCCCCCCCCCC(CCCCCCCC)COc1c(F)c(F)c(SOO[O-])c(F)c1F. The summed E-state index contributed by atoms with van der Waals surface area (Å²) in [4.78, 5) is -1.15. The summed E-state index contributed by atoms with van der Waals surface area (Å²) in [5.74, 6) is -7.76. The Kier molecular flexibility index (Phi) is 18.4. The zero-order valence-corrected chi connectivity index (χ0v) is 22.0. The van der Waals surface area contributed by atoms with Gasteiger partial charge in [-0.15, -0.1) is 0 Å². The van der Waals surface area contributed by atoms with Crippen LogP contribution in [0.15, 0.2) is 4.90 Å². The lowest BCUT2D eigenvalue weighted by Gasteiger charge is -2.19. The minimum Gasteiger partial charge on any atom is -0.691 e. The van der Waals surface area contributed by atoms with Crippen molar-refractivity contribution in [2.24, 2.45) is 5.92 Å². The van der Waals surface area contributed by atoms with E-state index in [4.69, 9.17) is 4.74 Å². The molecule has 35 heavy (non-hydrogen) atoms. The third kappa shape index (κ3) is 12.7. The molecule has 1 aromatic rings. The summed E-state index contributed by atoms with van der Waals surface area (Å²) < 4.78 is 66.2. The molecule has 1 rings (SSSR count). The van der Waals surface area contributed by atoms with Gasteiger partial charge in [0.15, 0.2) is 17.4 Å². The van der Waals surface area contributed by atoms with E-state index in [-0.39, 0.29) is 24.6 Å². The molecule has 9 heteroatoms. The lowest BCUT2D eigenvalue weighted by molar-refractivity contribution is -0.777. The molecule has 0 saturated heterocycles. The number of benzene rings is 1. The van der Waals surface area contributed by atoms with Crippen LogP contribution in [-0.2, 0) is 9.37 Å². The maximum Gasteiger partial charge on any atom is 0.205 e. The van der Waals surface area contributed by atoms with Gasteiger partial charge in [0.2, 0.25) is 11.6 Å². The van der Waals surface area contributed by atoms with Gasteiger partial charge in [-0.1, -0.05) is 104 Å². The van der Waals surface area contributed by atoms with Crippen molar-refractivity contribution in [1.82, 2.24) is 0 Å². The van der Waals surface area contributed by atoms with E-state index >= 15 is 0 Å². The second-order valence-corrected chi connectivity index (χ2v) is 9.84. The Morgan fingerprint density at radius 1 is 0.657 bits per heavy atom. The fourth-order valence-electron chi connectivity index (χ4n) is 4.13. The van der Waals surface area contributed by atoms with Crippen molar-refractivity contribution >= 4 is 12.0 Å². The van der Waals surface area contributed by atoms with E-state index in [1.54, 1.807) is 0 Å². The van der Waals surface area contributed by atoms with Gasteiger partial charge in [0.25, 0.3) is 0 Å². The smallest absolute Gasteiger partial charge is 0.205 e. The van der Waals surface area contributed by atoms with E-state index in [1.807, 2.05) is 0 Å². The predicted octanol–water partition coefficient (Wildman–Crippen LogP) is 8.75. The molecule has 0 aliphatic heterocycles. The fourth-order valence-corrected chi connectivity index (χ4v) is 4.55. The lowest BCUT2D eigenvalue weighted by atomic mass is 9.94. The Bertz CT molecular complexity index is 665. The molecule has 0 aliphatic rings. The van der Waals surface area contributed by atoms with Crippen LogP contribution < -0.4 is 9.99 Å². The van der Waals surface area contributed by atoms with Crippen LogP contribution in [0, 0.1) is 29.2 Å². The highest BCUT2D eigenvalue weighted by atomic mass is 32.2. The quantitative estimate of drug-likeness (QED) is 0.0378. The number of unbranched alkanes of at least 4 members (excludes halogenated alkanes) is 12. The number of ether oxygens (including phenoxy) is 1. The predicted molar refractivity (Wildman–Crippen MR) is 129 cm³/mol. The standard InChI is InChI=1S/C26H42F4O4S/c1-3-5-7-9-11-12-14-16-18-20(17-15-13-10-8-6-4-2)19-32-25-21(27)23(29)26(35-34-33-31)24(30)22(25)28/h20,31H,3-19H2,1-2H3/p-1. The molecule has 0 amide bonds. The van der Waals surface area contributed by atoms with Crippen molar-refractivity contribution in [3.63, 3.8) is 0 Å². The molecule has 0 saturated carbocycles. The van der Waals surface area contributed by atoms with Gasteiger partial charge in [-0.05, 0) is 18.8 Å². The van der Waals surface area contributed by atoms with Gasteiger partial charge in [0.1, 0.15) is 4.90 Å². The first-order valence-corrected chi connectivity index (χ1v) is 13.8. The van der Waals surface area contributed by atoms with E-state index < -0.39 is 33.9 Å². The molecule has 0 heterocycles. The first-order valence-electron chi connectivity index (χ1n) is 13.1. The molecule has 0 spiro atoms. The second-order valence-electron chi connectivity index (χ2n) is 9.13. The van der Waals surface area contributed by atoms with Crippen molar-refractivity contribution in [3.8, 4) is 5.75 Å². The molecule has 0 aliphatic carbocycles. The molecule has 0 aromatic heterocycles. The highest BCUT2D eigenvalue weighted by molar-refractivity contribution is 7.94. The minimum absolute atomic E-state index is 0.0230. The van der Waals surface area contributed by atoms with E-state index in [9.17, 15) is 22.8 Å². The first-order chi connectivity index (χ1) is 17.0. The fraction of sp³-hybridized carbons (Fsp3) is 0.769. The van der Waals surface area contributed by atoms with Gasteiger partial charge < -0.3 is 9.99 Å². The molecule has 204 valence electrons. The highest BCUT2D eigenvalue weighted by Gasteiger charge is 2.28. The molecule has 0 fully saturated rings. The summed E-state index contributed by atoms with van der Waals surface area (Å²) in [6, 6.07) is 0. The topological polar surface area (TPSA) is 50.8 Å². The second kappa shape index (κ2) is 20.1. The molecule has 0 N–H and O–H groups in total. The van der Waals surface area contributed by atoms with Crippen molar-refractivity contribution < 1.29 is 36.9 Å². The van der Waals surface area contributed by atoms with Crippen LogP contribution in [0.1, 0.15) is 117 Å². The first kappa shape index (κ1) is 32.0. The summed E-state index contributed by atoms with van der Waals surface area (Å²) in [6.45, 7) is 4.33. The Hall–Kier alpha value is -1.03. The van der Waals surface area contributed by atoms with Crippen LogP contribution in [0.4, 0.5) is 17.6 Å². The lowest BCUT2D eigenvalue weighted by Crippen LogP contribution is -2.15. The van der Waals surface area contributed by atoms with Crippen LogP contribution in [0.25, 0.3) is 0 Å². The van der Waals surface area contributed by atoms with Crippen molar-refractivity contribution in [1.29, 1.82) is 0 Å². The Morgan fingerprint density at radius 2 is 1.09 bits per heavy atom. The molecule has 1 unspecified atom stereocenters. The van der Waals surface area contributed by atoms with E-state index in [2.05, 4.69) is 23.2 Å². The van der Waals surface area contributed by atoms with E-state index in [0.29, 0.717) is 0 Å². The Labute approximate surface area is 212 Å². The highest BCUT2D eigenvalue weighted by Crippen LogP contribution is 2.36. The largest absolute Gasteiger partial charge is 0.691 e. The average Bonchev–Trinajstić information content (AvgIpc) is 2.85. The summed E-state index contributed by atoms with van der Waals surface area (Å²) in [5.41, 5.74) is 0. The molecular formula is C26H41F4O4S-. The van der Waals surface area contributed by atoms with Gasteiger partial charge in [0, 0.05) is 0 Å². The van der Waals surface area contributed by atoms with Crippen molar-refractivity contribution in [2.45, 2.75) is 121 Å². The third-order valence-electron chi connectivity index (χ3n) is 6.22. The van der Waals surface area contributed by atoms with Crippen molar-refractivity contribution in [3.05, 3.63) is 23.3 Å². The zero-order valence-electron chi connectivity index (χ0n) is 21.2. The van der Waals surface area contributed by atoms with Crippen molar-refractivity contribution in [2.75, 3.05) is 6.61 Å². The average molecular weight is 526 g/mol. The van der Waals surface area contributed by atoms with Crippen LogP contribution in [0.2, 0.25) is 0 Å². The molecule has 1 atom stereocenters. The summed E-state index contributed by atoms with van der Waals surface area (Å²) in [7, 11) is 0. The number of hydrogen-bond acceptors (Lipinski definition) is 5. The van der Waals surface area contributed by atoms with Gasteiger partial charge >= 0.3 is 0 Å². The number of halogens is 4. The molecule has 0 radical (unpaired) electrons. The molecule has 1 aromatic carbocycles. The van der Waals surface area contributed by atoms with E-state index in [1.165, 1.54) is 51.4 Å². The Morgan fingerprint density at radius 3 is 1.51 bits per heavy atom. The zero-order chi connectivity index (χ0) is 25.9. The van der Waals surface area contributed by atoms with Crippen LogP contribution in [-0.4, -0.2) is 6.61 Å². The summed E-state index contributed by atoms with van der Waals surface area (Å²) >= 11 is -0.244. The summed E-state index contributed by atoms with van der Waals surface area (Å²) in [6.07, 6.45) is 17.9. The number of rotatable bonds is 22. The maximum absolute atomic E-state index is 14.4. The Balaban J connectivity index is 2.67. The molecule has 0 bridgehead atoms. The number of hydrogen-bond donors (Lipinski definition) is 0. The van der Waals surface area contributed by atoms with Gasteiger partial charge in [-0.3, -0.25) is 5.04 Å². The van der Waals surface area contributed by atoms with Gasteiger partial charge in [0.05, 0.1) is 18.6 Å². The minimum atomic E-state index is -1.70. The molecular weight excluding hydrogens is 484 g/mol. The van der Waals surface area contributed by atoms with Gasteiger partial charge in [-0.25, -0.2) is 8.78 Å². The van der Waals surface area contributed by atoms with Crippen LogP contribution in [0.3, 0.4) is 0 Å². The maximum atomic E-state index is 14.4. The summed E-state index contributed by atoms with van der Waals surface area (Å²) in [5, 5.41) is 12.9.